The summed E-state index contributed by atoms with van der Waals surface area (Å²) in [4.78, 5) is 26.7. The molecule has 1 aromatic rings. The fourth-order valence-electron chi connectivity index (χ4n) is 5.00. The zero-order valence-electron chi connectivity index (χ0n) is 18.8. The fourth-order valence-corrected chi connectivity index (χ4v) is 5.00. The van der Waals surface area contributed by atoms with Crippen molar-refractivity contribution in [1.82, 2.24) is 4.90 Å². The molecule has 1 aromatic carbocycles. The average molecular weight is 428 g/mol. The summed E-state index contributed by atoms with van der Waals surface area (Å²) in [6.45, 7) is 5.78. The lowest BCUT2D eigenvalue weighted by Gasteiger charge is -2.36. The fraction of sp³-hybridized carbons (Fsp3) is 0.600. The second kappa shape index (κ2) is 9.03. The lowest BCUT2D eigenvalue weighted by atomic mass is 9.69. The Morgan fingerprint density at radius 1 is 1.19 bits per heavy atom. The molecular formula is C25H33NO5. The molecule has 0 saturated carbocycles. The van der Waals surface area contributed by atoms with Crippen LogP contribution in [0.3, 0.4) is 0 Å². The molecule has 168 valence electrons. The van der Waals surface area contributed by atoms with Gasteiger partial charge >= 0.3 is 11.9 Å². The summed E-state index contributed by atoms with van der Waals surface area (Å²) in [5.74, 6) is 0.799. The van der Waals surface area contributed by atoms with E-state index in [0.717, 1.165) is 44.3 Å². The lowest BCUT2D eigenvalue weighted by Crippen LogP contribution is -2.43. The Labute approximate surface area is 184 Å². The topological polar surface area (TPSA) is 65.1 Å². The second-order valence-corrected chi connectivity index (χ2v) is 9.01. The van der Waals surface area contributed by atoms with Crippen LogP contribution in [0.15, 0.2) is 24.3 Å². The van der Waals surface area contributed by atoms with Gasteiger partial charge in [0, 0.05) is 31.4 Å². The van der Waals surface area contributed by atoms with Crippen molar-refractivity contribution in [3.05, 3.63) is 35.4 Å². The molecule has 0 saturated heterocycles. The zero-order chi connectivity index (χ0) is 22.0. The Hall–Kier alpha value is -2.34. The summed E-state index contributed by atoms with van der Waals surface area (Å²) in [6, 6.07) is 3.93. The van der Waals surface area contributed by atoms with Gasteiger partial charge in [0.2, 0.25) is 0 Å². The molecule has 3 aliphatic rings. The molecule has 0 aromatic heterocycles. The Bertz CT molecular complexity index is 879. The van der Waals surface area contributed by atoms with Crippen LogP contribution in [0.4, 0.5) is 0 Å². The Morgan fingerprint density at radius 2 is 2.03 bits per heavy atom. The number of unbranched alkanes of at least 4 members (excludes halogenated alkanes) is 1. The minimum Gasteiger partial charge on any atom is -0.485 e. The first-order valence-electron chi connectivity index (χ1n) is 11.6. The summed E-state index contributed by atoms with van der Waals surface area (Å²) >= 11 is 0. The Kier molecular flexibility index (Phi) is 6.37. The van der Waals surface area contributed by atoms with E-state index in [-0.39, 0.29) is 29.6 Å². The third kappa shape index (κ3) is 4.22. The molecule has 31 heavy (non-hydrogen) atoms. The molecule has 0 N–H and O–H groups in total. The van der Waals surface area contributed by atoms with Crippen LogP contribution >= 0.6 is 0 Å². The van der Waals surface area contributed by atoms with Crippen molar-refractivity contribution in [2.45, 2.75) is 83.0 Å². The van der Waals surface area contributed by atoms with Crippen LogP contribution < -0.4 is 9.47 Å². The first-order valence-corrected chi connectivity index (χ1v) is 11.6. The van der Waals surface area contributed by atoms with Crippen molar-refractivity contribution in [3.63, 3.8) is 0 Å². The van der Waals surface area contributed by atoms with Gasteiger partial charge < -0.3 is 19.1 Å². The highest BCUT2D eigenvalue weighted by Gasteiger charge is 2.53. The quantitative estimate of drug-likeness (QED) is 0.367. The van der Waals surface area contributed by atoms with E-state index in [0.29, 0.717) is 30.8 Å². The largest absolute Gasteiger partial charge is 0.485 e. The van der Waals surface area contributed by atoms with Crippen LogP contribution in [0.5, 0.6) is 11.5 Å². The molecule has 6 nitrogen and oxygen atoms in total. The van der Waals surface area contributed by atoms with Crippen LogP contribution in [0, 0.1) is 0 Å². The lowest BCUT2D eigenvalue weighted by molar-refractivity contribution is -0.148. The molecule has 4 rings (SSSR count). The number of nitrogens with zero attached hydrogens (tertiary/aromatic N) is 1. The van der Waals surface area contributed by atoms with E-state index < -0.39 is 0 Å². The Morgan fingerprint density at radius 3 is 2.81 bits per heavy atom. The summed E-state index contributed by atoms with van der Waals surface area (Å²) in [6.07, 6.45) is 8.64. The van der Waals surface area contributed by atoms with Crippen molar-refractivity contribution < 1.29 is 23.8 Å². The average Bonchev–Trinajstić information content (AvgIpc) is 3.00. The van der Waals surface area contributed by atoms with Gasteiger partial charge in [0.25, 0.3) is 0 Å². The normalized spacial score (nSPS) is 26.4. The molecular weight excluding hydrogens is 394 g/mol. The highest BCUT2D eigenvalue weighted by molar-refractivity contribution is 5.74. The van der Waals surface area contributed by atoms with E-state index in [1.807, 2.05) is 19.1 Å². The maximum absolute atomic E-state index is 12.3. The van der Waals surface area contributed by atoms with Gasteiger partial charge in [0.15, 0.2) is 11.5 Å². The summed E-state index contributed by atoms with van der Waals surface area (Å²) < 4.78 is 17.9. The predicted octanol–water partition coefficient (Wildman–Crippen LogP) is 4.29. The maximum Gasteiger partial charge on any atom is 0.311 e. The molecule has 0 bridgehead atoms. The Balaban J connectivity index is 1.66. The van der Waals surface area contributed by atoms with Crippen molar-refractivity contribution in [2.24, 2.45) is 0 Å². The van der Waals surface area contributed by atoms with Crippen LogP contribution in [0.2, 0.25) is 0 Å². The molecule has 1 aliphatic carbocycles. The molecule has 2 unspecified atom stereocenters. The number of ether oxygens (including phenoxy) is 3. The van der Waals surface area contributed by atoms with Crippen LogP contribution in [-0.4, -0.2) is 42.6 Å². The standard InChI is InChI=1S/C25H33NO5/c1-4-6-8-22(28)30-19-10-9-17-16-26(3)14-13-25-12-11-18(29-21(27)7-5-2)15-20(25)31-24(19)23(17)25/h9-12,18,20H,4-8,13-16H2,1-3H3/t18-,20?,25?/m0/s1. The van der Waals surface area contributed by atoms with Crippen molar-refractivity contribution in [2.75, 3.05) is 13.6 Å². The van der Waals surface area contributed by atoms with Crippen molar-refractivity contribution in [3.8, 4) is 11.5 Å². The van der Waals surface area contributed by atoms with E-state index in [9.17, 15) is 9.59 Å². The highest BCUT2D eigenvalue weighted by atomic mass is 16.6. The summed E-state index contributed by atoms with van der Waals surface area (Å²) in [5, 5.41) is 0. The first-order chi connectivity index (χ1) is 15.0. The van der Waals surface area contributed by atoms with E-state index in [4.69, 9.17) is 14.2 Å². The number of benzene rings is 1. The number of carbonyl (C=O) groups excluding carboxylic acids is 2. The molecule has 2 aliphatic heterocycles. The summed E-state index contributed by atoms with van der Waals surface area (Å²) in [7, 11) is 2.13. The number of rotatable bonds is 7. The molecule has 0 radical (unpaired) electrons. The van der Waals surface area contributed by atoms with Crippen LogP contribution in [0.25, 0.3) is 0 Å². The number of carbonyl (C=O) groups is 2. The maximum atomic E-state index is 12.3. The van der Waals surface area contributed by atoms with E-state index in [1.54, 1.807) is 0 Å². The van der Waals surface area contributed by atoms with Crippen molar-refractivity contribution >= 4 is 11.9 Å². The number of hydrogen-bond donors (Lipinski definition) is 0. The van der Waals surface area contributed by atoms with Gasteiger partial charge in [-0.2, -0.15) is 0 Å². The van der Waals surface area contributed by atoms with Gasteiger partial charge in [-0.05, 0) is 50.6 Å². The molecule has 3 atom stereocenters. The SMILES string of the molecule is CCCCC(=O)Oc1ccc2c3c1OC1C[C@@H](OC(=O)CCC)C=CC31CCN(C)C2. The summed E-state index contributed by atoms with van der Waals surface area (Å²) in [5.41, 5.74) is 2.06. The van der Waals surface area contributed by atoms with Gasteiger partial charge in [0.1, 0.15) is 12.2 Å². The van der Waals surface area contributed by atoms with E-state index >= 15 is 0 Å². The van der Waals surface area contributed by atoms with Crippen LogP contribution in [-0.2, 0) is 26.3 Å². The molecule has 2 heterocycles. The van der Waals surface area contributed by atoms with E-state index in [2.05, 4.69) is 31.0 Å². The molecule has 6 heteroatoms. The van der Waals surface area contributed by atoms with Gasteiger partial charge in [-0.25, -0.2) is 0 Å². The van der Waals surface area contributed by atoms with Gasteiger partial charge in [-0.15, -0.1) is 0 Å². The molecule has 1 spiro atoms. The smallest absolute Gasteiger partial charge is 0.311 e. The molecule has 0 fully saturated rings. The van der Waals surface area contributed by atoms with E-state index in [1.165, 1.54) is 5.56 Å². The van der Waals surface area contributed by atoms with Gasteiger partial charge in [-0.1, -0.05) is 32.4 Å². The van der Waals surface area contributed by atoms with Crippen LogP contribution in [0.1, 0.15) is 69.9 Å². The molecule has 0 amide bonds. The predicted molar refractivity (Wildman–Crippen MR) is 117 cm³/mol. The minimum absolute atomic E-state index is 0.146. The van der Waals surface area contributed by atoms with Gasteiger partial charge in [0.05, 0.1) is 5.41 Å². The third-order valence-electron chi connectivity index (χ3n) is 6.61. The third-order valence-corrected chi connectivity index (χ3v) is 6.61. The first kappa shape index (κ1) is 21.9. The monoisotopic (exact) mass is 427 g/mol. The van der Waals surface area contributed by atoms with Gasteiger partial charge in [-0.3, -0.25) is 9.59 Å². The van der Waals surface area contributed by atoms with Crippen molar-refractivity contribution in [1.29, 1.82) is 0 Å². The zero-order valence-corrected chi connectivity index (χ0v) is 18.8. The highest BCUT2D eigenvalue weighted by Crippen LogP contribution is 2.56. The minimum atomic E-state index is -0.288. The number of esters is 2. The number of hydrogen-bond acceptors (Lipinski definition) is 6. The second-order valence-electron chi connectivity index (χ2n) is 9.01.